The van der Waals surface area contributed by atoms with Crippen LogP contribution < -0.4 is 4.90 Å². The van der Waals surface area contributed by atoms with Crippen molar-refractivity contribution in [1.29, 1.82) is 0 Å². The van der Waals surface area contributed by atoms with Gasteiger partial charge >= 0.3 is 0 Å². The highest BCUT2D eigenvalue weighted by atomic mass is 16.3. The molecular formula is C14H22N2O. The summed E-state index contributed by atoms with van der Waals surface area (Å²) in [7, 11) is 0. The number of anilines is 1. The first-order valence-corrected chi connectivity index (χ1v) is 6.37. The molecule has 1 aliphatic heterocycles. The molecule has 0 amide bonds. The number of aliphatic hydroxyl groups is 1. The fourth-order valence-corrected chi connectivity index (χ4v) is 2.61. The zero-order chi connectivity index (χ0) is 12.5. The average molecular weight is 234 g/mol. The largest absolute Gasteiger partial charge is 0.390 e. The summed E-state index contributed by atoms with van der Waals surface area (Å²) < 4.78 is 0. The molecule has 2 heterocycles. The minimum atomic E-state index is -0.550. The molecule has 2 rings (SSSR count). The summed E-state index contributed by atoms with van der Waals surface area (Å²) in [5.41, 5.74) is 0.680. The van der Waals surface area contributed by atoms with Crippen LogP contribution in [0.15, 0.2) is 18.3 Å². The molecule has 0 saturated carbocycles. The standard InChI is InChI=1S/C14H22N2O/c1-11-5-4-8-15-13(11)16-9-6-12(7-10-16)14(2,3)17/h4-5,8,12,17H,6-7,9-10H2,1-3H3. The maximum atomic E-state index is 10.0. The number of pyridine rings is 1. The van der Waals surface area contributed by atoms with Gasteiger partial charge in [0.15, 0.2) is 0 Å². The van der Waals surface area contributed by atoms with Crippen LogP contribution >= 0.6 is 0 Å². The number of nitrogens with zero attached hydrogens (tertiary/aromatic N) is 2. The van der Waals surface area contributed by atoms with E-state index in [0.29, 0.717) is 5.92 Å². The van der Waals surface area contributed by atoms with Crippen LogP contribution in [-0.4, -0.2) is 28.8 Å². The van der Waals surface area contributed by atoms with E-state index in [1.54, 1.807) is 0 Å². The molecule has 0 atom stereocenters. The maximum Gasteiger partial charge on any atom is 0.131 e. The summed E-state index contributed by atoms with van der Waals surface area (Å²) in [6.45, 7) is 7.92. The Morgan fingerprint density at radius 1 is 1.35 bits per heavy atom. The monoisotopic (exact) mass is 234 g/mol. The van der Waals surface area contributed by atoms with Crippen LogP contribution in [0.4, 0.5) is 5.82 Å². The van der Waals surface area contributed by atoms with Crippen molar-refractivity contribution < 1.29 is 5.11 Å². The van der Waals surface area contributed by atoms with E-state index in [-0.39, 0.29) is 0 Å². The molecule has 17 heavy (non-hydrogen) atoms. The SMILES string of the molecule is Cc1cccnc1N1CCC(C(C)(C)O)CC1. The summed E-state index contributed by atoms with van der Waals surface area (Å²) in [5, 5.41) is 10.0. The lowest BCUT2D eigenvalue weighted by atomic mass is 9.83. The molecule has 1 saturated heterocycles. The number of aromatic nitrogens is 1. The van der Waals surface area contributed by atoms with E-state index in [2.05, 4.69) is 22.9 Å². The molecule has 1 fully saturated rings. The topological polar surface area (TPSA) is 36.4 Å². The van der Waals surface area contributed by atoms with Crippen LogP contribution in [0, 0.1) is 12.8 Å². The number of piperidine rings is 1. The normalized spacial score (nSPS) is 18.5. The Hall–Kier alpha value is -1.09. The van der Waals surface area contributed by atoms with Crippen LogP contribution in [0.1, 0.15) is 32.3 Å². The molecule has 1 aromatic heterocycles. The highest BCUT2D eigenvalue weighted by molar-refractivity contribution is 5.46. The Morgan fingerprint density at radius 3 is 2.53 bits per heavy atom. The number of hydrogen-bond acceptors (Lipinski definition) is 3. The lowest BCUT2D eigenvalue weighted by Gasteiger charge is -2.38. The van der Waals surface area contributed by atoms with Gasteiger partial charge < -0.3 is 10.0 Å². The van der Waals surface area contributed by atoms with Crippen molar-refractivity contribution in [2.24, 2.45) is 5.92 Å². The molecule has 0 spiro atoms. The summed E-state index contributed by atoms with van der Waals surface area (Å²) >= 11 is 0. The van der Waals surface area contributed by atoms with Crippen molar-refractivity contribution >= 4 is 5.82 Å². The molecule has 1 aliphatic rings. The fourth-order valence-electron chi connectivity index (χ4n) is 2.61. The van der Waals surface area contributed by atoms with Crippen molar-refractivity contribution in [2.45, 2.75) is 39.2 Å². The molecular weight excluding hydrogens is 212 g/mol. The zero-order valence-corrected chi connectivity index (χ0v) is 11.0. The summed E-state index contributed by atoms with van der Waals surface area (Å²) in [5.74, 6) is 1.50. The van der Waals surface area contributed by atoms with E-state index in [4.69, 9.17) is 0 Å². The van der Waals surface area contributed by atoms with E-state index in [1.807, 2.05) is 26.1 Å². The first-order valence-electron chi connectivity index (χ1n) is 6.37. The fraction of sp³-hybridized carbons (Fsp3) is 0.643. The van der Waals surface area contributed by atoms with Crippen molar-refractivity contribution in [2.75, 3.05) is 18.0 Å². The van der Waals surface area contributed by atoms with Gasteiger partial charge in [0.2, 0.25) is 0 Å². The summed E-state index contributed by atoms with van der Waals surface area (Å²) in [6.07, 6.45) is 3.93. The third-order valence-corrected chi connectivity index (χ3v) is 3.78. The highest BCUT2D eigenvalue weighted by Gasteiger charge is 2.30. The maximum absolute atomic E-state index is 10.0. The van der Waals surface area contributed by atoms with E-state index in [0.717, 1.165) is 31.7 Å². The average Bonchev–Trinajstić information content (AvgIpc) is 2.29. The first-order chi connectivity index (χ1) is 7.98. The third kappa shape index (κ3) is 2.78. The van der Waals surface area contributed by atoms with Gasteiger partial charge in [0, 0.05) is 19.3 Å². The van der Waals surface area contributed by atoms with Crippen LogP contribution in [0.2, 0.25) is 0 Å². The predicted molar refractivity (Wildman–Crippen MR) is 70.2 cm³/mol. The van der Waals surface area contributed by atoms with Gasteiger partial charge in [0.1, 0.15) is 5.82 Å². The molecule has 1 aromatic rings. The van der Waals surface area contributed by atoms with Gasteiger partial charge in [0.25, 0.3) is 0 Å². The zero-order valence-electron chi connectivity index (χ0n) is 11.0. The van der Waals surface area contributed by atoms with Gasteiger partial charge in [-0.1, -0.05) is 6.07 Å². The Balaban J connectivity index is 2.03. The van der Waals surface area contributed by atoms with Crippen LogP contribution in [0.5, 0.6) is 0 Å². The van der Waals surface area contributed by atoms with Gasteiger partial charge in [-0.05, 0) is 51.2 Å². The third-order valence-electron chi connectivity index (χ3n) is 3.78. The second-order valence-corrected chi connectivity index (χ2v) is 5.56. The molecule has 0 radical (unpaired) electrons. The van der Waals surface area contributed by atoms with Gasteiger partial charge in [0.05, 0.1) is 5.60 Å². The van der Waals surface area contributed by atoms with Gasteiger partial charge in [-0.25, -0.2) is 4.98 Å². The second-order valence-electron chi connectivity index (χ2n) is 5.56. The minimum Gasteiger partial charge on any atom is -0.390 e. The molecule has 0 aliphatic carbocycles. The van der Waals surface area contributed by atoms with Gasteiger partial charge in [-0.2, -0.15) is 0 Å². The van der Waals surface area contributed by atoms with Crippen LogP contribution in [0.25, 0.3) is 0 Å². The Labute approximate surface area is 103 Å². The lowest BCUT2D eigenvalue weighted by molar-refractivity contribution is 0.00645. The molecule has 3 heteroatoms. The van der Waals surface area contributed by atoms with Crippen molar-refractivity contribution in [1.82, 2.24) is 4.98 Å². The van der Waals surface area contributed by atoms with E-state index >= 15 is 0 Å². The minimum absolute atomic E-state index is 0.405. The Morgan fingerprint density at radius 2 is 2.00 bits per heavy atom. The van der Waals surface area contributed by atoms with Gasteiger partial charge in [-0.15, -0.1) is 0 Å². The number of hydrogen-bond donors (Lipinski definition) is 1. The summed E-state index contributed by atoms with van der Waals surface area (Å²) in [4.78, 5) is 6.78. The first kappa shape index (κ1) is 12.4. The van der Waals surface area contributed by atoms with E-state index < -0.39 is 5.60 Å². The molecule has 3 nitrogen and oxygen atoms in total. The molecule has 94 valence electrons. The Kier molecular flexibility index (Phi) is 3.38. The lowest BCUT2D eigenvalue weighted by Crippen LogP contribution is -2.42. The Bertz CT molecular complexity index is 376. The van der Waals surface area contributed by atoms with Crippen LogP contribution in [0.3, 0.4) is 0 Å². The number of aryl methyl sites for hydroxylation is 1. The van der Waals surface area contributed by atoms with Gasteiger partial charge in [-0.3, -0.25) is 0 Å². The van der Waals surface area contributed by atoms with Crippen molar-refractivity contribution in [3.8, 4) is 0 Å². The van der Waals surface area contributed by atoms with Crippen molar-refractivity contribution in [3.05, 3.63) is 23.9 Å². The predicted octanol–water partition coefficient (Wildman–Crippen LogP) is 2.38. The second kappa shape index (κ2) is 4.65. The van der Waals surface area contributed by atoms with Crippen molar-refractivity contribution in [3.63, 3.8) is 0 Å². The van der Waals surface area contributed by atoms with E-state index in [9.17, 15) is 5.11 Å². The van der Waals surface area contributed by atoms with Crippen LogP contribution in [-0.2, 0) is 0 Å². The number of rotatable bonds is 2. The molecule has 0 unspecified atom stereocenters. The molecule has 1 N–H and O–H groups in total. The smallest absolute Gasteiger partial charge is 0.131 e. The highest BCUT2D eigenvalue weighted by Crippen LogP contribution is 2.30. The molecule has 0 bridgehead atoms. The quantitative estimate of drug-likeness (QED) is 0.853. The van der Waals surface area contributed by atoms with E-state index in [1.165, 1.54) is 5.56 Å². The summed E-state index contributed by atoms with van der Waals surface area (Å²) in [6, 6.07) is 4.08. The molecule has 0 aromatic carbocycles.